The minimum absolute atomic E-state index is 0.216. The van der Waals surface area contributed by atoms with Gasteiger partial charge in [-0.05, 0) is 30.5 Å². The van der Waals surface area contributed by atoms with E-state index in [0.29, 0.717) is 0 Å². The zero-order valence-electron chi connectivity index (χ0n) is 11.9. The molecular weight excluding hydrogens is 250 g/mol. The van der Waals surface area contributed by atoms with Crippen LogP contribution in [-0.4, -0.2) is 16.8 Å². The first-order chi connectivity index (χ1) is 9.70. The van der Waals surface area contributed by atoms with E-state index in [4.69, 9.17) is 10.5 Å². The van der Waals surface area contributed by atoms with Crippen molar-refractivity contribution in [2.24, 2.45) is 5.73 Å². The Hall–Kier alpha value is -1.94. The molecule has 2 N–H and O–H groups in total. The van der Waals surface area contributed by atoms with Crippen molar-refractivity contribution >= 4 is 0 Å². The Morgan fingerprint density at radius 2 is 2.15 bits per heavy atom. The molecule has 1 aliphatic heterocycles. The summed E-state index contributed by atoms with van der Waals surface area (Å²) in [7, 11) is 0. The highest BCUT2D eigenvalue weighted by Crippen LogP contribution is 2.35. The van der Waals surface area contributed by atoms with Crippen molar-refractivity contribution in [3.8, 4) is 5.75 Å². The highest BCUT2D eigenvalue weighted by atomic mass is 16.5. The lowest BCUT2D eigenvalue weighted by Gasteiger charge is -2.18. The first kappa shape index (κ1) is 13.1. The van der Waals surface area contributed by atoms with Crippen LogP contribution < -0.4 is 10.5 Å². The fourth-order valence-electron chi connectivity index (χ4n) is 2.73. The highest BCUT2D eigenvalue weighted by Gasteiger charge is 2.22. The first-order valence-electron chi connectivity index (χ1n) is 7.04. The van der Waals surface area contributed by atoms with Gasteiger partial charge in [-0.2, -0.15) is 10.2 Å². The van der Waals surface area contributed by atoms with Crippen molar-refractivity contribution < 1.29 is 4.74 Å². The van der Waals surface area contributed by atoms with Crippen LogP contribution in [0.4, 0.5) is 0 Å². The lowest BCUT2D eigenvalue weighted by Crippen LogP contribution is -2.16. The monoisotopic (exact) mass is 269 g/mol. The molecule has 4 heteroatoms. The third-order valence-corrected chi connectivity index (χ3v) is 3.78. The van der Waals surface area contributed by atoms with Gasteiger partial charge in [0.05, 0.1) is 24.0 Å². The van der Waals surface area contributed by atoms with Crippen LogP contribution in [0.25, 0.3) is 0 Å². The van der Waals surface area contributed by atoms with E-state index in [2.05, 4.69) is 29.3 Å². The maximum atomic E-state index is 6.49. The van der Waals surface area contributed by atoms with E-state index in [1.54, 1.807) is 0 Å². The van der Waals surface area contributed by atoms with E-state index in [1.807, 2.05) is 19.1 Å². The van der Waals surface area contributed by atoms with Gasteiger partial charge in [-0.3, -0.25) is 0 Å². The van der Waals surface area contributed by atoms with Gasteiger partial charge in [0.2, 0.25) is 0 Å². The van der Waals surface area contributed by atoms with Gasteiger partial charge in [0, 0.05) is 12.0 Å². The molecule has 0 aliphatic carbocycles. The van der Waals surface area contributed by atoms with Crippen molar-refractivity contribution in [1.29, 1.82) is 0 Å². The van der Waals surface area contributed by atoms with Gasteiger partial charge in [0.25, 0.3) is 0 Å². The molecule has 20 heavy (non-hydrogen) atoms. The number of nitrogens with zero attached hydrogens (tertiary/aromatic N) is 2. The van der Waals surface area contributed by atoms with Gasteiger partial charge >= 0.3 is 0 Å². The molecule has 4 nitrogen and oxygen atoms in total. The number of ether oxygens (including phenoxy) is 1. The number of fused-ring (bicyclic) bond motifs is 1. The Kier molecular flexibility index (Phi) is 3.40. The van der Waals surface area contributed by atoms with Crippen LogP contribution in [-0.2, 0) is 12.8 Å². The molecule has 1 unspecified atom stereocenters. The number of aryl methyl sites for hydroxylation is 2. The summed E-state index contributed by atoms with van der Waals surface area (Å²) >= 11 is 0. The van der Waals surface area contributed by atoms with Crippen LogP contribution in [0.3, 0.4) is 0 Å². The number of hydrogen-bond donors (Lipinski definition) is 1. The standard InChI is InChI=1S/C16H19N3O/c1-3-14-13(9-10(2)18-19-14)15(17)12-6-4-5-11-7-8-20-16(11)12/h4-6,9,15H,3,7-8,17H2,1-2H3. The number of aromatic nitrogens is 2. The second-order valence-corrected chi connectivity index (χ2v) is 5.15. The molecule has 1 atom stereocenters. The summed E-state index contributed by atoms with van der Waals surface area (Å²) in [4.78, 5) is 0. The first-order valence-corrected chi connectivity index (χ1v) is 7.04. The summed E-state index contributed by atoms with van der Waals surface area (Å²) in [5.41, 5.74) is 11.7. The number of benzene rings is 1. The third kappa shape index (κ3) is 2.16. The topological polar surface area (TPSA) is 61.0 Å². The smallest absolute Gasteiger partial charge is 0.127 e. The van der Waals surface area contributed by atoms with Gasteiger partial charge < -0.3 is 10.5 Å². The fourth-order valence-corrected chi connectivity index (χ4v) is 2.73. The van der Waals surface area contributed by atoms with E-state index >= 15 is 0 Å². The van der Waals surface area contributed by atoms with E-state index in [-0.39, 0.29) is 6.04 Å². The maximum Gasteiger partial charge on any atom is 0.127 e. The number of nitrogens with two attached hydrogens (primary N) is 1. The Morgan fingerprint density at radius 1 is 1.30 bits per heavy atom. The molecule has 0 saturated carbocycles. The molecule has 104 valence electrons. The van der Waals surface area contributed by atoms with Gasteiger partial charge in [0.15, 0.2) is 0 Å². The fraction of sp³-hybridized carbons (Fsp3) is 0.375. The Bertz CT molecular complexity index is 638. The quantitative estimate of drug-likeness (QED) is 0.929. The largest absolute Gasteiger partial charge is 0.493 e. The zero-order chi connectivity index (χ0) is 14.1. The molecular formula is C16H19N3O. The van der Waals surface area contributed by atoms with Gasteiger partial charge in [0.1, 0.15) is 5.75 Å². The van der Waals surface area contributed by atoms with Crippen LogP contribution in [0.1, 0.15) is 41.0 Å². The van der Waals surface area contributed by atoms with Crippen LogP contribution >= 0.6 is 0 Å². The summed E-state index contributed by atoms with van der Waals surface area (Å²) in [6, 6.07) is 8.02. The van der Waals surface area contributed by atoms with Crippen molar-refractivity contribution in [3.63, 3.8) is 0 Å². The predicted molar refractivity (Wildman–Crippen MR) is 77.8 cm³/mol. The van der Waals surface area contributed by atoms with Crippen molar-refractivity contribution in [2.75, 3.05) is 6.61 Å². The normalized spacial score (nSPS) is 14.8. The van der Waals surface area contributed by atoms with E-state index in [1.165, 1.54) is 5.56 Å². The van der Waals surface area contributed by atoms with E-state index in [0.717, 1.165) is 47.7 Å². The number of hydrogen-bond acceptors (Lipinski definition) is 4. The molecule has 2 heterocycles. The predicted octanol–water partition coefficient (Wildman–Crippen LogP) is 2.33. The average molecular weight is 269 g/mol. The Morgan fingerprint density at radius 3 is 2.95 bits per heavy atom. The summed E-state index contributed by atoms with van der Waals surface area (Å²) in [6.07, 6.45) is 1.79. The molecule has 0 radical (unpaired) electrons. The molecule has 1 aromatic heterocycles. The van der Waals surface area contributed by atoms with Crippen molar-refractivity contribution in [3.05, 3.63) is 52.3 Å². The van der Waals surface area contributed by atoms with Gasteiger partial charge in [-0.15, -0.1) is 0 Å². The van der Waals surface area contributed by atoms with Crippen LogP contribution in [0.5, 0.6) is 5.75 Å². The number of rotatable bonds is 3. The SMILES string of the molecule is CCc1nnc(C)cc1C(N)c1cccc2c1OCC2. The van der Waals surface area contributed by atoms with Gasteiger partial charge in [-0.1, -0.05) is 25.1 Å². The number of para-hydroxylation sites is 1. The van der Waals surface area contributed by atoms with Crippen molar-refractivity contribution in [1.82, 2.24) is 10.2 Å². The molecule has 0 amide bonds. The second kappa shape index (κ2) is 5.21. The molecule has 0 bridgehead atoms. The minimum atomic E-state index is -0.216. The summed E-state index contributed by atoms with van der Waals surface area (Å²) in [6.45, 7) is 4.75. The molecule has 0 saturated heterocycles. The highest BCUT2D eigenvalue weighted by molar-refractivity contribution is 5.49. The summed E-state index contributed by atoms with van der Waals surface area (Å²) < 4.78 is 5.76. The lowest BCUT2D eigenvalue weighted by atomic mass is 9.95. The van der Waals surface area contributed by atoms with E-state index < -0.39 is 0 Å². The lowest BCUT2D eigenvalue weighted by molar-refractivity contribution is 0.352. The Balaban J connectivity index is 2.07. The molecule has 2 aromatic rings. The molecule has 0 spiro atoms. The van der Waals surface area contributed by atoms with Crippen LogP contribution in [0.2, 0.25) is 0 Å². The molecule has 1 aromatic carbocycles. The minimum Gasteiger partial charge on any atom is -0.493 e. The van der Waals surface area contributed by atoms with Crippen LogP contribution in [0.15, 0.2) is 24.3 Å². The molecule has 3 rings (SSSR count). The Labute approximate surface area is 119 Å². The van der Waals surface area contributed by atoms with Crippen molar-refractivity contribution in [2.45, 2.75) is 32.7 Å². The van der Waals surface area contributed by atoms with E-state index in [9.17, 15) is 0 Å². The summed E-state index contributed by atoms with van der Waals surface area (Å²) in [5.74, 6) is 0.955. The summed E-state index contributed by atoms with van der Waals surface area (Å²) in [5, 5.41) is 8.39. The second-order valence-electron chi connectivity index (χ2n) is 5.15. The van der Waals surface area contributed by atoms with Crippen LogP contribution in [0, 0.1) is 6.92 Å². The zero-order valence-corrected chi connectivity index (χ0v) is 11.9. The maximum absolute atomic E-state index is 6.49. The third-order valence-electron chi connectivity index (χ3n) is 3.78. The van der Waals surface area contributed by atoms with Gasteiger partial charge in [-0.25, -0.2) is 0 Å². The molecule has 1 aliphatic rings. The average Bonchev–Trinajstić information content (AvgIpc) is 2.94. The molecule has 0 fully saturated rings.